The summed E-state index contributed by atoms with van der Waals surface area (Å²) in [6.45, 7) is -0.133. The molecule has 0 spiro atoms. The van der Waals surface area contributed by atoms with E-state index in [2.05, 4.69) is 14.9 Å². The Balaban J connectivity index is 1.21. The standard InChI is InChI=1S/C27H23F5N4O5S/c1-40-26(39)16-9-15(27(30,31)32)11-36(25(16)38)12-22(37)35-7-5-14(6-8-35)24-33-20(13-42-24)19-10-21(41-34-19)23-17(28)3-2-4-18(23)29/h2-4,9,11,13-14,21H,5-8,10,12H2,1H3. The summed E-state index contributed by atoms with van der Waals surface area (Å²) >= 11 is 1.38. The number of hydrogen-bond acceptors (Lipinski definition) is 8. The summed E-state index contributed by atoms with van der Waals surface area (Å²) in [5.41, 5.74) is -2.35. The molecule has 5 rings (SSSR count). The van der Waals surface area contributed by atoms with Crippen LogP contribution in [0.3, 0.4) is 0 Å². The summed E-state index contributed by atoms with van der Waals surface area (Å²) < 4.78 is 73.4. The Kier molecular flexibility index (Phi) is 8.12. The summed E-state index contributed by atoms with van der Waals surface area (Å²) in [5, 5.41) is 6.52. The minimum atomic E-state index is -4.85. The molecule has 222 valence electrons. The predicted molar refractivity (Wildman–Crippen MR) is 139 cm³/mol. The summed E-state index contributed by atoms with van der Waals surface area (Å²) in [4.78, 5) is 48.8. The van der Waals surface area contributed by atoms with Gasteiger partial charge in [0, 0.05) is 37.0 Å². The van der Waals surface area contributed by atoms with Crippen LogP contribution >= 0.6 is 11.3 Å². The number of alkyl halides is 3. The van der Waals surface area contributed by atoms with Gasteiger partial charge in [-0.25, -0.2) is 18.6 Å². The lowest BCUT2D eigenvalue weighted by atomic mass is 9.97. The minimum Gasteiger partial charge on any atom is -0.465 e. The summed E-state index contributed by atoms with van der Waals surface area (Å²) in [6.07, 6.45) is -4.09. The molecule has 1 saturated heterocycles. The van der Waals surface area contributed by atoms with Crippen LogP contribution < -0.4 is 5.56 Å². The van der Waals surface area contributed by atoms with E-state index in [0.29, 0.717) is 41.1 Å². The van der Waals surface area contributed by atoms with Crippen molar-refractivity contribution in [1.29, 1.82) is 0 Å². The Morgan fingerprint density at radius 1 is 1.17 bits per heavy atom. The maximum absolute atomic E-state index is 14.1. The van der Waals surface area contributed by atoms with Gasteiger partial charge in [-0.2, -0.15) is 13.2 Å². The van der Waals surface area contributed by atoms with Crippen molar-refractivity contribution in [2.45, 2.75) is 44.0 Å². The molecule has 9 nitrogen and oxygen atoms in total. The first-order valence-electron chi connectivity index (χ1n) is 12.8. The average molecular weight is 611 g/mol. The van der Waals surface area contributed by atoms with E-state index in [1.54, 1.807) is 5.38 Å². The Morgan fingerprint density at radius 2 is 1.86 bits per heavy atom. The maximum atomic E-state index is 14.1. The summed E-state index contributed by atoms with van der Waals surface area (Å²) in [5.74, 6) is -3.27. The number of halogens is 5. The lowest BCUT2D eigenvalue weighted by Crippen LogP contribution is -2.42. The largest absolute Gasteiger partial charge is 0.465 e. The van der Waals surface area contributed by atoms with Crippen LogP contribution in [0.1, 0.15) is 63.5 Å². The van der Waals surface area contributed by atoms with Crippen LogP contribution in [0.15, 0.2) is 45.8 Å². The van der Waals surface area contributed by atoms with Gasteiger partial charge in [0.05, 0.1) is 28.9 Å². The predicted octanol–water partition coefficient (Wildman–Crippen LogP) is 4.66. The highest BCUT2D eigenvalue weighted by Crippen LogP contribution is 2.35. The van der Waals surface area contributed by atoms with Crippen LogP contribution in [0.5, 0.6) is 0 Å². The summed E-state index contributed by atoms with van der Waals surface area (Å²) in [7, 11) is 0.936. The van der Waals surface area contributed by atoms with Gasteiger partial charge in [0.2, 0.25) is 5.91 Å². The molecular formula is C27H23F5N4O5S. The van der Waals surface area contributed by atoms with Crippen LogP contribution in [-0.4, -0.2) is 52.2 Å². The Morgan fingerprint density at radius 3 is 2.50 bits per heavy atom. The molecule has 2 aliphatic heterocycles. The first-order chi connectivity index (χ1) is 20.0. The molecule has 1 atom stereocenters. The minimum absolute atomic E-state index is 0.0160. The Labute approximate surface area is 239 Å². The topological polar surface area (TPSA) is 103 Å². The van der Waals surface area contributed by atoms with Crippen LogP contribution in [0.2, 0.25) is 0 Å². The van der Waals surface area contributed by atoms with Crippen molar-refractivity contribution < 1.29 is 41.1 Å². The molecule has 1 fully saturated rings. The van der Waals surface area contributed by atoms with Crippen LogP contribution in [0, 0.1) is 11.6 Å². The molecule has 2 aliphatic rings. The van der Waals surface area contributed by atoms with Gasteiger partial charge in [-0.1, -0.05) is 11.2 Å². The number of rotatable bonds is 6. The number of ether oxygens (including phenoxy) is 1. The van der Waals surface area contributed by atoms with E-state index in [4.69, 9.17) is 4.84 Å². The van der Waals surface area contributed by atoms with E-state index in [1.165, 1.54) is 22.3 Å². The van der Waals surface area contributed by atoms with E-state index < -0.39 is 59.0 Å². The number of hydrogen-bond donors (Lipinski definition) is 0. The molecular weight excluding hydrogens is 587 g/mol. The fourth-order valence-corrected chi connectivity index (χ4v) is 5.90. The highest BCUT2D eigenvalue weighted by atomic mass is 32.1. The fraction of sp³-hybridized carbons (Fsp3) is 0.370. The van der Waals surface area contributed by atoms with Crippen molar-refractivity contribution >= 4 is 28.9 Å². The molecule has 0 radical (unpaired) electrons. The SMILES string of the molecule is COC(=O)c1cc(C(F)(F)F)cn(CC(=O)N2CCC(c3nc(C4=NOC(c5c(F)cccc5F)C4)cs3)CC2)c1=O. The van der Waals surface area contributed by atoms with Crippen LogP contribution in [0.4, 0.5) is 22.0 Å². The highest BCUT2D eigenvalue weighted by molar-refractivity contribution is 7.10. The molecule has 15 heteroatoms. The van der Waals surface area contributed by atoms with Crippen molar-refractivity contribution in [2.75, 3.05) is 20.2 Å². The first kappa shape index (κ1) is 29.4. The molecule has 42 heavy (non-hydrogen) atoms. The second-order valence-electron chi connectivity index (χ2n) is 9.76. The Hall–Kier alpha value is -4.14. The highest BCUT2D eigenvalue weighted by Gasteiger charge is 2.35. The second kappa shape index (κ2) is 11.6. The average Bonchev–Trinajstić information content (AvgIpc) is 3.64. The van der Waals surface area contributed by atoms with Gasteiger partial charge in [0.25, 0.3) is 5.56 Å². The lowest BCUT2D eigenvalue weighted by molar-refractivity contribution is -0.139. The number of thiazole rings is 1. The van der Waals surface area contributed by atoms with Crippen LogP contribution in [0.25, 0.3) is 0 Å². The normalized spacial score (nSPS) is 17.6. The zero-order valence-electron chi connectivity index (χ0n) is 22.0. The number of pyridine rings is 1. The number of likely N-dealkylation sites (tertiary alicyclic amines) is 1. The molecule has 0 aliphatic carbocycles. The molecule has 1 amide bonds. The maximum Gasteiger partial charge on any atom is 0.417 e. The quantitative estimate of drug-likeness (QED) is 0.297. The van der Waals surface area contributed by atoms with E-state index in [9.17, 15) is 36.3 Å². The van der Waals surface area contributed by atoms with Crippen molar-refractivity contribution in [3.8, 4) is 0 Å². The number of oxime groups is 1. The number of nitrogens with zero attached hydrogens (tertiary/aromatic N) is 4. The number of esters is 1. The molecule has 0 N–H and O–H groups in total. The Bertz CT molecular complexity index is 1590. The van der Waals surface area contributed by atoms with Crippen molar-refractivity contribution in [2.24, 2.45) is 5.16 Å². The third kappa shape index (κ3) is 5.91. The lowest BCUT2D eigenvalue weighted by Gasteiger charge is -2.31. The third-order valence-corrected chi connectivity index (χ3v) is 8.14. The molecule has 1 unspecified atom stereocenters. The zero-order chi connectivity index (χ0) is 30.2. The molecule has 0 saturated carbocycles. The van der Waals surface area contributed by atoms with Crippen molar-refractivity contribution in [1.82, 2.24) is 14.5 Å². The molecule has 1 aromatic carbocycles. The smallest absolute Gasteiger partial charge is 0.417 e. The van der Waals surface area contributed by atoms with Gasteiger partial charge in [0.15, 0.2) is 6.10 Å². The van der Waals surface area contributed by atoms with Gasteiger partial charge in [-0.15, -0.1) is 11.3 Å². The second-order valence-corrected chi connectivity index (χ2v) is 10.7. The van der Waals surface area contributed by atoms with E-state index in [1.807, 2.05) is 0 Å². The molecule has 0 bridgehead atoms. The number of carbonyl (C=O) groups excluding carboxylic acids is 2. The van der Waals surface area contributed by atoms with Crippen molar-refractivity contribution in [3.05, 3.63) is 85.2 Å². The third-order valence-electron chi connectivity index (χ3n) is 7.13. The van der Waals surface area contributed by atoms with Gasteiger partial charge in [0.1, 0.15) is 29.5 Å². The fourth-order valence-electron chi connectivity index (χ4n) is 4.90. The first-order valence-corrected chi connectivity index (χ1v) is 13.6. The van der Waals surface area contributed by atoms with Gasteiger partial charge >= 0.3 is 12.1 Å². The number of benzene rings is 1. The van der Waals surface area contributed by atoms with Crippen LogP contribution in [-0.2, 0) is 27.1 Å². The number of piperidine rings is 1. The number of aromatic nitrogens is 2. The van der Waals surface area contributed by atoms with E-state index in [-0.39, 0.29) is 31.0 Å². The number of methoxy groups -OCH3 is 1. The zero-order valence-corrected chi connectivity index (χ0v) is 22.8. The van der Waals surface area contributed by atoms with Gasteiger partial charge < -0.3 is 19.0 Å². The summed E-state index contributed by atoms with van der Waals surface area (Å²) in [6, 6.07) is 3.97. The number of amides is 1. The van der Waals surface area contributed by atoms with E-state index >= 15 is 0 Å². The van der Waals surface area contributed by atoms with E-state index in [0.717, 1.165) is 24.3 Å². The molecule has 4 heterocycles. The van der Waals surface area contributed by atoms with Gasteiger partial charge in [-0.3, -0.25) is 9.59 Å². The monoisotopic (exact) mass is 610 g/mol. The molecule has 3 aromatic rings. The molecule has 2 aromatic heterocycles. The van der Waals surface area contributed by atoms with Gasteiger partial charge in [-0.05, 0) is 31.0 Å². The number of carbonyl (C=O) groups is 2. The van der Waals surface area contributed by atoms with Crippen molar-refractivity contribution in [3.63, 3.8) is 0 Å².